The van der Waals surface area contributed by atoms with Gasteiger partial charge in [0, 0.05) is 29.9 Å². The Balaban J connectivity index is 1.50. The van der Waals surface area contributed by atoms with E-state index in [4.69, 9.17) is 16.3 Å². The van der Waals surface area contributed by atoms with E-state index in [2.05, 4.69) is 10.00 Å². The lowest BCUT2D eigenvalue weighted by Gasteiger charge is -2.28. The highest BCUT2D eigenvalue weighted by molar-refractivity contribution is 6.31. The van der Waals surface area contributed by atoms with Gasteiger partial charge in [0.2, 0.25) is 0 Å². The Hall–Kier alpha value is -2.89. The largest absolute Gasteiger partial charge is 0.378 e. The number of carbonyl (C=O) groups excluding carboxylic acids is 1. The fourth-order valence-electron chi connectivity index (χ4n) is 3.35. The van der Waals surface area contributed by atoms with Gasteiger partial charge in [-0.2, -0.15) is 5.10 Å². The van der Waals surface area contributed by atoms with Gasteiger partial charge in [-0.05, 0) is 55.5 Å². The van der Waals surface area contributed by atoms with Crippen LogP contribution in [0.2, 0.25) is 5.15 Å². The van der Waals surface area contributed by atoms with Crippen LogP contribution in [-0.2, 0) is 4.74 Å². The second-order valence-corrected chi connectivity index (χ2v) is 7.24. The van der Waals surface area contributed by atoms with Gasteiger partial charge in [-0.3, -0.25) is 4.79 Å². The number of benzene rings is 2. The summed E-state index contributed by atoms with van der Waals surface area (Å²) in [6, 6.07) is 17.4. The van der Waals surface area contributed by atoms with Gasteiger partial charge in [0.15, 0.2) is 5.78 Å². The Morgan fingerprint density at radius 1 is 1.03 bits per heavy atom. The molecule has 0 amide bonds. The molecule has 0 atom stereocenters. The summed E-state index contributed by atoms with van der Waals surface area (Å²) in [5, 5.41) is 4.99. The number of hydrogen-bond donors (Lipinski definition) is 0. The molecule has 0 radical (unpaired) electrons. The van der Waals surface area contributed by atoms with Crippen molar-refractivity contribution in [2.45, 2.75) is 6.92 Å². The molecule has 0 N–H and O–H groups in total. The van der Waals surface area contributed by atoms with E-state index in [-0.39, 0.29) is 5.78 Å². The Morgan fingerprint density at radius 3 is 2.41 bits per heavy atom. The second kappa shape index (κ2) is 8.64. The number of allylic oxidation sites excluding steroid dienone is 1. The summed E-state index contributed by atoms with van der Waals surface area (Å²) in [4.78, 5) is 14.9. The van der Waals surface area contributed by atoms with Crippen LogP contribution in [0.25, 0.3) is 11.8 Å². The van der Waals surface area contributed by atoms with Crippen molar-refractivity contribution in [3.05, 3.63) is 82.6 Å². The zero-order valence-electron chi connectivity index (χ0n) is 16.2. The quantitative estimate of drug-likeness (QED) is 0.459. The van der Waals surface area contributed by atoms with Crippen molar-refractivity contribution in [2.24, 2.45) is 0 Å². The average Bonchev–Trinajstić information content (AvgIpc) is 3.07. The highest BCUT2D eigenvalue weighted by Crippen LogP contribution is 2.25. The number of nitrogens with zero attached hydrogens (tertiary/aromatic N) is 3. The van der Waals surface area contributed by atoms with Crippen LogP contribution in [0.5, 0.6) is 0 Å². The molecule has 4 rings (SSSR count). The fourth-order valence-corrected chi connectivity index (χ4v) is 3.69. The molecule has 29 heavy (non-hydrogen) atoms. The summed E-state index contributed by atoms with van der Waals surface area (Å²) in [6.45, 7) is 5.10. The lowest BCUT2D eigenvalue weighted by atomic mass is 10.1. The first-order valence-corrected chi connectivity index (χ1v) is 9.97. The smallest absolute Gasteiger partial charge is 0.185 e. The van der Waals surface area contributed by atoms with E-state index in [0.717, 1.165) is 48.9 Å². The molecule has 0 unspecified atom stereocenters. The van der Waals surface area contributed by atoms with E-state index < -0.39 is 0 Å². The molecular weight excluding hydrogens is 386 g/mol. The maximum atomic E-state index is 12.6. The molecule has 0 bridgehead atoms. The number of ether oxygens (including phenoxy) is 1. The van der Waals surface area contributed by atoms with Gasteiger partial charge in [0.25, 0.3) is 0 Å². The molecule has 0 spiro atoms. The van der Waals surface area contributed by atoms with Crippen LogP contribution >= 0.6 is 11.6 Å². The van der Waals surface area contributed by atoms with E-state index in [9.17, 15) is 4.79 Å². The molecule has 2 aromatic carbocycles. The third-order valence-corrected chi connectivity index (χ3v) is 5.34. The van der Waals surface area contributed by atoms with Crippen LogP contribution in [0.1, 0.15) is 21.6 Å². The Kier molecular flexibility index (Phi) is 5.79. The molecular formula is C23H22ClN3O2. The number of ketones is 1. The van der Waals surface area contributed by atoms with Crippen LogP contribution in [0.4, 0.5) is 5.69 Å². The second-order valence-electron chi connectivity index (χ2n) is 6.88. The summed E-state index contributed by atoms with van der Waals surface area (Å²) in [5.74, 6) is -0.0681. The van der Waals surface area contributed by atoms with Crippen molar-refractivity contribution in [1.29, 1.82) is 0 Å². The van der Waals surface area contributed by atoms with Crippen LogP contribution in [-0.4, -0.2) is 41.9 Å². The SMILES string of the molecule is Cc1nn(-c2ccccc2)c(Cl)c1/C=C/C(=O)c1ccc(N2CCOCC2)cc1. The van der Waals surface area contributed by atoms with Crippen LogP contribution < -0.4 is 4.90 Å². The number of hydrogen-bond acceptors (Lipinski definition) is 4. The Labute approximate surface area is 175 Å². The van der Waals surface area contributed by atoms with Gasteiger partial charge in [-0.15, -0.1) is 0 Å². The third-order valence-electron chi connectivity index (χ3n) is 4.98. The standard InChI is InChI=1S/C23H22ClN3O2/c1-17-21(23(24)27(25-17)20-5-3-2-4-6-20)11-12-22(28)18-7-9-19(10-8-18)26-13-15-29-16-14-26/h2-12H,13-16H2,1H3/b12-11+. The van der Waals surface area contributed by atoms with Crippen molar-refractivity contribution < 1.29 is 9.53 Å². The van der Waals surface area contributed by atoms with E-state index >= 15 is 0 Å². The summed E-state index contributed by atoms with van der Waals surface area (Å²) in [6.07, 6.45) is 3.29. The number of rotatable bonds is 5. The number of morpholine rings is 1. The lowest BCUT2D eigenvalue weighted by Crippen LogP contribution is -2.36. The first-order chi connectivity index (χ1) is 14.1. The monoisotopic (exact) mass is 407 g/mol. The minimum atomic E-state index is -0.0681. The molecule has 2 heterocycles. The van der Waals surface area contributed by atoms with Gasteiger partial charge >= 0.3 is 0 Å². The molecule has 3 aromatic rings. The third kappa shape index (κ3) is 4.26. The zero-order valence-corrected chi connectivity index (χ0v) is 17.0. The van der Waals surface area contributed by atoms with Crippen molar-refractivity contribution in [2.75, 3.05) is 31.2 Å². The number of para-hydroxylation sites is 1. The Bertz CT molecular complexity index is 1020. The van der Waals surface area contributed by atoms with Crippen molar-refractivity contribution in [3.8, 4) is 5.69 Å². The van der Waals surface area contributed by atoms with Crippen molar-refractivity contribution in [1.82, 2.24) is 9.78 Å². The maximum Gasteiger partial charge on any atom is 0.185 e. The zero-order chi connectivity index (χ0) is 20.2. The van der Waals surface area contributed by atoms with Gasteiger partial charge < -0.3 is 9.64 Å². The number of carbonyl (C=O) groups is 1. The predicted molar refractivity (Wildman–Crippen MR) is 116 cm³/mol. The van der Waals surface area contributed by atoms with Crippen LogP contribution in [0, 0.1) is 6.92 Å². The molecule has 6 heteroatoms. The number of anilines is 1. The van der Waals surface area contributed by atoms with Gasteiger partial charge in [-0.25, -0.2) is 4.68 Å². The van der Waals surface area contributed by atoms with E-state index in [1.807, 2.05) is 61.5 Å². The van der Waals surface area contributed by atoms with Crippen molar-refractivity contribution >= 4 is 29.1 Å². The minimum Gasteiger partial charge on any atom is -0.378 e. The number of aryl methyl sites for hydroxylation is 1. The van der Waals surface area contributed by atoms with E-state index in [0.29, 0.717) is 10.7 Å². The highest BCUT2D eigenvalue weighted by Gasteiger charge is 2.14. The number of halogens is 1. The van der Waals surface area contributed by atoms with Crippen molar-refractivity contribution in [3.63, 3.8) is 0 Å². The molecule has 1 saturated heterocycles. The van der Waals surface area contributed by atoms with E-state index in [1.54, 1.807) is 16.8 Å². The highest BCUT2D eigenvalue weighted by atomic mass is 35.5. The summed E-state index contributed by atoms with van der Waals surface area (Å²) < 4.78 is 7.06. The summed E-state index contributed by atoms with van der Waals surface area (Å²) in [7, 11) is 0. The van der Waals surface area contributed by atoms with Gasteiger partial charge in [0.1, 0.15) is 5.15 Å². The summed E-state index contributed by atoms with van der Waals surface area (Å²) in [5.41, 5.74) is 4.14. The van der Waals surface area contributed by atoms with Crippen LogP contribution in [0.3, 0.4) is 0 Å². The molecule has 1 aromatic heterocycles. The minimum absolute atomic E-state index is 0.0681. The molecule has 0 aliphatic carbocycles. The van der Waals surface area contributed by atoms with Gasteiger partial charge in [0.05, 0.1) is 24.6 Å². The molecule has 148 valence electrons. The predicted octanol–water partition coefficient (Wildman–Crippen LogP) is 4.57. The normalized spacial score (nSPS) is 14.5. The fraction of sp³-hybridized carbons (Fsp3) is 0.217. The van der Waals surface area contributed by atoms with Gasteiger partial charge in [-0.1, -0.05) is 29.8 Å². The maximum absolute atomic E-state index is 12.6. The van der Waals surface area contributed by atoms with E-state index in [1.165, 1.54) is 0 Å². The lowest BCUT2D eigenvalue weighted by molar-refractivity contribution is 0.104. The molecule has 1 aliphatic rings. The van der Waals surface area contributed by atoms with Crippen LogP contribution in [0.15, 0.2) is 60.7 Å². The average molecular weight is 408 g/mol. The topological polar surface area (TPSA) is 47.4 Å². The summed E-state index contributed by atoms with van der Waals surface area (Å²) >= 11 is 6.52. The molecule has 1 aliphatic heterocycles. The Morgan fingerprint density at radius 2 is 1.72 bits per heavy atom. The molecule has 5 nitrogen and oxygen atoms in total. The first kappa shape index (κ1) is 19.4. The molecule has 1 fully saturated rings. The number of aromatic nitrogens is 2. The first-order valence-electron chi connectivity index (χ1n) is 9.59. The molecule has 0 saturated carbocycles.